The molecular formula is C14H18INO. The van der Waals surface area contributed by atoms with E-state index >= 15 is 0 Å². The van der Waals surface area contributed by atoms with Crippen LogP contribution < -0.4 is 5.32 Å². The first-order valence-corrected chi connectivity index (χ1v) is 7.59. The molecule has 1 saturated carbocycles. The van der Waals surface area contributed by atoms with Crippen molar-refractivity contribution >= 4 is 28.5 Å². The summed E-state index contributed by atoms with van der Waals surface area (Å²) in [6.45, 7) is 2.92. The van der Waals surface area contributed by atoms with Gasteiger partial charge in [0.2, 0.25) is 5.91 Å². The van der Waals surface area contributed by atoms with Gasteiger partial charge >= 0.3 is 0 Å². The fourth-order valence-corrected chi connectivity index (χ4v) is 2.50. The van der Waals surface area contributed by atoms with Crippen molar-refractivity contribution in [1.29, 1.82) is 0 Å². The SMILES string of the molecule is Cc1ccc(C2(CCNC(=O)CI)CC2)cc1. The van der Waals surface area contributed by atoms with E-state index in [9.17, 15) is 4.79 Å². The van der Waals surface area contributed by atoms with E-state index in [0.717, 1.165) is 13.0 Å². The van der Waals surface area contributed by atoms with Crippen LogP contribution in [0.1, 0.15) is 30.4 Å². The number of rotatable bonds is 5. The number of hydrogen-bond acceptors (Lipinski definition) is 1. The molecule has 3 heteroatoms. The van der Waals surface area contributed by atoms with Crippen LogP contribution in [0, 0.1) is 6.92 Å². The standard InChI is InChI=1S/C14H18INO/c1-11-2-4-12(5-3-11)14(6-7-14)8-9-16-13(17)10-15/h2-5H,6-10H2,1H3,(H,16,17). The minimum absolute atomic E-state index is 0.144. The Morgan fingerprint density at radius 1 is 1.35 bits per heavy atom. The van der Waals surface area contributed by atoms with Crippen LogP contribution in [0.15, 0.2) is 24.3 Å². The molecule has 1 fully saturated rings. The van der Waals surface area contributed by atoms with Crippen LogP contribution in [-0.4, -0.2) is 16.9 Å². The number of hydrogen-bond donors (Lipinski definition) is 1. The minimum Gasteiger partial charge on any atom is -0.355 e. The Labute approximate surface area is 116 Å². The topological polar surface area (TPSA) is 29.1 Å². The van der Waals surface area contributed by atoms with Crippen LogP contribution in [0.25, 0.3) is 0 Å². The summed E-state index contributed by atoms with van der Waals surface area (Å²) in [5.41, 5.74) is 3.10. The van der Waals surface area contributed by atoms with Crippen molar-refractivity contribution < 1.29 is 4.79 Å². The van der Waals surface area contributed by atoms with Crippen LogP contribution in [0.5, 0.6) is 0 Å². The van der Waals surface area contributed by atoms with Gasteiger partial charge in [0.15, 0.2) is 0 Å². The molecule has 1 N–H and O–H groups in total. The highest BCUT2D eigenvalue weighted by molar-refractivity contribution is 14.1. The summed E-state index contributed by atoms with van der Waals surface area (Å²) in [6, 6.07) is 8.84. The van der Waals surface area contributed by atoms with Crippen molar-refractivity contribution in [3.05, 3.63) is 35.4 Å². The van der Waals surface area contributed by atoms with E-state index in [2.05, 4.69) is 59.1 Å². The maximum atomic E-state index is 11.2. The molecule has 0 unspecified atom stereocenters. The Morgan fingerprint density at radius 3 is 2.53 bits per heavy atom. The van der Waals surface area contributed by atoms with Crippen LogP contribution in [0.2, 0.25) is 0 Å². The van der Waals surface area contributed by atoms with Gasteiger partial charge in [-0.3, -0.25) is 4.79 Å². The molecule has 17 heavy (non-hydrogen) atoms. The van der Waals surface area contributed by atoms with E-state index in [1.165, 1.54) is 24.0 Å². The number of carbonyl (C=O) groups excluding carboxylic acids is 1. The fraction of sp³-hybridized carbons (Fsp3) is 0.500. The first-order chi connectivity index (χ1) is 8.16. The zero-order chi connectivity index (χ0) is 12.3. The highest BCUT2D eigenvalue weighted by Gasteiger charge is 2.43. The number of amides is 1. The molecule has 0 atom stereocenters. The van der Waals surface area contributed by atoms with Crippen LogP contribution in [0.3, 0.4) is 0 Å². The Balaban J connectivity index is 1.91. The van der Waals surface area contributed by atoms with Crippen LogP contribution in [-0.2, 0) is 10.2 Å². The second-order valence-electron chi connectivity index (χ2n) is 4.88. The highest BCUT2D eigenvalue weighted by Crippen LogP contribution is 2.50. The first kappa shape index (κ1) is 12.9. The Bertz CT molecular complexity index is 395. The summed E-state index contributed by atoms with van der Waals surface area (Å²) < 4.78 is 0.551. The van der Waals surface area contributed by atoms with E-state index in [1.807, 2.05) is 0 Å². The van der Waals surface area contributed by atoms with Gasteiger partial charge in [0, 0.05) is 6.54 Å². The molecule has 1 aromatic rings. The molecule has 1 aliphatic carbocycles. The van der Waals surface area contributed by atoms with Gasteiger partial charge in [-0.1, -0.05) is 52.4 Å². The lowest BCUT2D eigenvalue weighted by Crippen LogP contribution is -2.27. The summed E-state index contributed by atoms with van der Waals surface area (Å²) in [5, 5.41) is 2.96. The molecule has 0 heterocycles. The minimum atomic E-state index is 0.144. The van der Waals surface area contributed by atoms with Crippen LogP contribution in [0.4, 0.5) is 0 Å². The monoisotopic (exact) mass is 343 g/mol. The predicted molar refractivity (Wildman–Crippen MR) is 78.6 cm³/mol. The fourth-order valence-electron chi connectivity index (χ4n) is 2.23. The van der Waals surface area contributed by atoms with Crippen molar-refractivity contribution in [2.24, 2.45) is 0 Å². The molecule has 1 amide bonds. The quantitative estimate of drug-likeness (QED) is 0.646. The van der Waals surface area contributed by atoms with E-state index in [0.29, 0.717) is 9.84 Å². The lowest BCUT2D eigenvalue weighted by Gasteiger charge is -2.16. The van der Waals surface area contributed by atoms with E-state index < -0.39 is 0 Å². The number of benzene rings is 1. The largest absolute Gasteiger partial charge is 0.355 e. The molecule has 0 spiro atoms. The summed E-state index contributed by atoms with van der Waals surface area (Å²) in [7, 11) is 0. The molecule has 1 aliphatic rings. The van der Waals surface area contributed by atoms with Gasteiger partial charge in [0.1, 0.15) is 0 Å². The lowest BCUT2D eigenvalue weighted by atomic mass is 9.92. The molecule has 0 bridgehead atoms. The van der Waals surface area contributed by atoms with Gasteiger partial charge in [-0.2, -0.15) is 0 Å². The molecule has 92 valence electrons. The normalized spacial score (nSPS) is 16.6. The second-order valence-corrected chi connectivity index (χ2v) is 5.64. The summed E-state index contributed by atoms with van der Waals surface area (Å²) in [4.78, 5) is 11.2. The predicted octanol–water partition coefficient (Wildman–Crippen LogP) is 2.97. The van der Waals surface area contributed by atoms with Gasteiger partial charge in [0.05, 0.1) is 4.43 Å². The molecule has 2 rings (SSSR count). The Kier molecular flexibility index (Phi) is 4.07. The van der Waals surface area contributed by atoms with E-state index in [1.54, 1.807) is 0 Å². The second kappa shape index (κ2) is 5.38. The van der Waals surface area contributed by atoms with Gasteiger partial charge < -0.3 is 5.32 Å². The summed E-state index contributed by atoms with van der Waals surface area (Å²) >= 11 is 2.09. The number of aryl methyl sites for hydroxylation is 1. The highest BCUT2D eigenvalue weighted by atomic mass is 127. The Morgan fingerprint density at radius 2 is 2.00 bits per heavy atom. The third-order valence-electron chi connectivity index (χ3n) is 3.56. The average Bonchev–Trinajstić information content (AvgIpc) is 3.11. The van der Waals surface area contributed by atoms with Crippen molar-refractivity contribution in [2.75, 3.05) is 11.0 Å². The number of alkyl halides is 1. The number of halogens is 1. The van der Waals surface area contributed by atoms with Gasteiger partial charge in [-0.05, 0) is 37.2 Å². The molecule has 0 saturated heterocycles. The third kappa shape index (κ3) is 3.21. The van der Waals surface area contributed by atoms with Gasteiger partial charge in [0.25, 0.3) is 0 Å². The molecule has 2 nitrogen and oxygen atoms in total. The zero-order valence-electron chi connectivity index (χ0n) is 10.1. The molecule has 1 aromatic carbocycles. The maximum Gasteiger partial charge on any atom is 0.229 e. The Hall–Kier alpha value is -0.580. The van der Waals surface area contributed by atoms with Crippen molar-refractivity contribution in [1.82, 2.24) is 5.32 Å². The first-order valence-electron chi connectivity index (χ1n) is 6.06. The summed E-state index contributed by atoms with van der Waals surface area (Å²) in [5.74, 6) is 0.144. The third-order valence-corrected chi connectivity index (χ3v) is 4.26. The van der Waals surface area contributed by atoms with Gasteiger partial charge in [-0.25, -0.2) is 0 Å². The van der Waals surface area contributed by atoms with Crippen LogP contribution >= 0.6 is 22.6 Å². The molecular weight excluding hydrogens is 325 g/mol. The average molecular weight is 343 g/mol. The molecule has 0 aromatic heterocycles. The summed E-state index contributed by atoms with van der Waals surface area (Å²) in [6.07, 6.45) is 3.59. The zero-order valence-corrected chi connectivity index (χ0v) is 12.3. The molecule has 0 aliphatic heterocycles. The number of carbonyl (C=O) groups is 1. The van der Waals surface area contributed by atoms with Crippen molar-refractivity contribution in [3.63, 3.8) is 0 Å². The van der Waals surface area contributed by atoms with Gasteiger partial charge in [-0.15, -0.1) is 0 Å². The van der Waals surface area contributed by atoms with E-state index in [-0.39, 0.29) is 5.91 Å². The maximum absolute atomic E-state index is 11.2. The van der Waals surface area contributed by atoms with Crippen molar-refractivity contribution in [3.8, 4) is 0 Å². The number of nitrogens with one attached hydrogen (secondary N) is 1. The van der Waals surface area contributed by atoms with E-state index in [4.69, 9.17) is 0 Å². The van der Waals surface area contributed by atoms with Crippen molar-refractivity contribution in [2.45, 2.75) is 31.6 Å². The smallest absolute Gasteiger partial charge is 0.229 e. The lowest BCUT2D eigenvalue weighted by molar-refractivity contribution is -0.118. The molecule has 0 radical (unpaired) electrons.